The lowest BCUT2D eigenvalue weighted by Gasteiger charge is -2.08. The zero-order valence-corrected chi connectivity index (χ0v) is 9.61. The average molecular weight is 218 g/mol. The van der Waals surface area contributed by atoms with Crippen molar-refractivity contribution in [1.82, 2.24) is 14.4 Å². The van der Waals surface area contributed by atoms with E-state index in [1.807, 2.05) is 32.9 Å². The number of hydrogen-bond acceptors (Lipinski definition) is 4. The number of pyridine rings is 1. The maximum atomic E-state index is 11.8. The van der Waals surface area contributed by atoms with Crippen molar-refractivity contribution in [3.63, 3.8) is 0 Å². The summed E-state index contributed by atoms with van der Waals surface area (Å²) < 4.78 is 1.52. The van der Waals surface area contributed by atoms with E-state index in [9.17, 15) is 4.79 Å². The van der Waals surface area contributed by atoms with Crippen LogP contribution in [-0.4, -0.2) is 20.9 Å². The van der Waals surface area contributed by atoms with Gasteiger partial charge in [0.25, 0.3) is 0 Å². The molecule has 5 nitrogen and oxygen atoms in total. The van der Waals surface area contributed by atoms with Gasteiger partial charge in [-0.1, -0.05) is 6.07 Å². The molecule has 16 heavy (non-hydrogen) atoms. The Balaban J connectivity index is 2.81. The number of aromatic nitrogens is 3. The second-order valence-electron chi connectivity index (χ2n) is 3.68. The minimum Gasteiger partial charge on any atom is -0.354 e. The summed E-state index contributed by atoms with van der Waals surface area (Å²) in [4.78, 5) is 20.0. The maximum Gasteiger partial charge on any atom is 0.356 e. The third-order valence-corrected chi connectivity index (χ3v) is 2.43. The molecule has 5 heteroatoms. The van der Waals surface area contributed by atoms with Crippen LogP contribution in [0.2, 0.25) is 0 Å². The van der Waals surface area contributed by atoms with Gasteiger partial charge in [-0.25, -0.2) is 9.20 Å². The molecule has 0 aromatic carbocycles. The first-order valence-corrected chi connectivity index (χ1v) is 5.24. The van der Waals surface area contributed by atoms with Gasteiger partial charge in [0, 0.05) is 12.2 Å². The minimum atomic E-state index is -0.290. The number of fused-ring (bicyclic) bond motifs is 1. The van der Waals surface area contributed by atoms with E-state index in [0.717, 1.165) is 11.3 Å². The second-order valence-corrected chi connectivity index (χ2v) is 3.68. The van der Waals surface area contributed by atoms with Gasteiger partial charge in [-0.05, 0) is 32.4 Å². The third kappa shape index (κ3) is 1.64. The van der Waals surface area contributed by atoms with Crippen LogP contribution >= 0.6 is 0 Å². The van der Waals surface area contributed by atoms with E-state index < -0.39 is 0 Å². The molecule has 0 amide bonds. The molecule has 2 aromatic rings. The molecule has 2 aromatic heterocycles. The Morgan fingerprint density at radius 1 is 1.31 bits per heavy atom. The van der Waals surface area contributed by atoms with Gasteiger partial charge in [-0.2, -0.15) is 9.97 Å². The van der Waals surface area contributed by atoms with Crippen molar-refractivity contribution in [3.8, 4) is 0 Å². The van der Waals surface area contributed by atoms with Crippen molar-refractivity contribution in [2.24, 2.45) is 0 Å². The van der Waals surface area contributed by atoms with Crippen molar-refractivity contribution in [1.29, 1.82) is 0 Å². The number of hydrogen-bond donors (Lipinski definition) is 1. The second kappa shape index (κ2) is 3.92. The Bertz CT molecular complexity index is 588. The lowest BCUT2D eigenvalue weighted by atomic mass is 10.2. The summed E-state index contributed by atoms with van der Waals surface area (Å²) in [6.07, 6.45) is 0. The third-order valence-electron chi connectivity index (χ3n) is 2.43. The first-order chi connectivity index (χ1) is 7.63. The standard InChI is InChI=1S/C11H14N4O/c1-4-12-10-13-9-7(2)5-6-8(3)15(9)11(16)14-10/h5-6H,4H2,1-3H3,(H,12,14,16). The molecule has 0 aliphatic rings. The minimum absolute atomic E-state index is 0.290. The normalized spacial score (nSPS) is 10.7. The zero-order chi connectivity index (χ0) is 11.7. The van der Waals surface area contributed by atoms with Crippen molar-refractivity contribution >= 4 is 11.6 Å². The zero-order valence-electron chi connectivity index (χ0n) is 9.61. The fourth-order valence-corrected chi connectivity index (χ4v) is 1.62. The van der Waals surface area contributed by atoms with Gasteiger partial charge in [0.1, 0.15) is 5.65 Å². The van der Waals surface area contributed by atoms with Gasteiger partial charge in [0.2, 0.25) is 5.95 Å². The van der Waals surface area contributed by atoms with Crippen LogP contribution in [0.5, 0.6) is 0 Å². The van der Waals surface area contributed by atoms with E-state index in [1.54, 1.807) is 0 Å². The van der Waals surface area contributed by atoms with Crippen LogP contribution in [0.1, 0.15) is 18.2 Å². The molecule has 0 unspecified atom stereocenters. The van der Waals surface area contributed by atoms with Gasteiger partial charge >= 0.3 is 5.69 Å². The van der Waals surface area contributed by atoms with E-state index in [2.05, 4.69) is 15.3 Å². The van der Waals surface area contributed by atoms with Crippen LogP contribution < -0.4 is 11.0 Å². The molecule has 84 valence electrons. The summed E-state index contributed by atoms with van der Waals surface area (Å²) in [5, 5.41) is 2.95. The number of nitrogens with one attached hydrogen (secondary N) is 1. The highest BCUT2D eigenvalue weighted by Gasteiger charge is 2.07. The van der Waals surface area contributed by atoms with Crippen molar-refractivity contribution < 1.29 is 0 Å². The SMILES string of the molecule is CCNc1nc(=O)n2c(C)ccc(C)c2n1. The van der Waals surface area contributed by atoms with E-state index in [0.29, 0.717) is 18.1 Å². The van der Waals surface area contributed by atoms with Crippen molar-refractivity contribution in [2.75, 3.05) is 11.9 Å². The summed E-state index contributed by atoms with van der Waals surface area (Å²) in [5.41, 5.74) is 2.18. The lowest BCUT2D eigenvalue weighted by molar-refractivity contribution is 0.899. The van der Waals surface area contributed by atoms with E-state index in [-0.39, 0.29) is 5.69 Å². The molecule has 0 saturated carbocycles. The molecule has 0 atom stereocenters. The first kappa shape index (κ1) is 10.6. The first-order valence-electron chi connectivity index (χ1n) is 5.24. The Hall–Kier alpha value is -1.91. The fraction of sp³-hybridized carbons (Fsp3) is 0.364. The number of aryl methyl sites for hydroxylation is 2. The quantitative estimate of drug-likeness (QED) is 0.821. The highest BCUT2D eigenvalue weighted by molar-refractivity contribution is 5.50. The Kier molecular flexibility index (Phi) is 2.60. The molecule has 0 aliphatic carbocycles. The summed E-state index contributed by atoms with van der Waals surface area (Å²) in [5.74, 6) is 0.390. The summed E-state index contributed by atoms with van der Waals surface area (Å²) in [7, 11) is 0. The van der Waals surface area contributed by atoms with Crippen LogP contribution in [0.3, 0.4) is 0 Å². The number of rotatable bonds is 2. The molecule has 1 N–H and O–H groups in total. The topological polar surface area (TPSA) is 59.3 Å². The molecular formula is C11H14N4O. The Morgan fingerprint density at radius 3 is 2.75 bits per heavy atom. The van der Waals surface area contributed by atoms with Gasteiger partial charge < -0.3 is 5.32 Å². The number of anilines is 1. The van der Waals surface area contributed by atoms with Gasteiger partial charge in [0.15, 0.2) is 0 Å². The molecule has 0 spiro atoms. The molecule has 0 aliphatic heterocycles. The fourth-order valence-electron chi connectivity index (χ4n) is 1.62. The molecular weight excluding hydrogens is 204 g/mol. The van der Waals surface area contributed by atoms with E-state index in [1.165, 1.54) is 4.40 Å². The molecule has 0 bridgehead atoms. The van der Waals surface area contributed by atoms with Crippen LogP contribution in [-0.2, 0) is 0 Å². The molecule has 2 heterocycles. The Labute approximate surface area is 93.2 Å². The predicted octanol–water partition coefficient (Wildman–Crippen LogP) is 1.14. The van der Waals surface area contributed by atoms with Gasteiger partial charge in [-0.3, -0.25) is 0 Å². The van der Waals surface area contributed by atoms with E-state index in [4.69, 9.17) is 0 Å². The maximum absolute atomic E-state index is 11.8. The van der Waals surface area contributed by atoms with Crippen molar-refractivity contribution in [2.45, 2.75) is 20.8 Å². The van der Waals surface area contributed by atoms with Crippen LogP contribution in [0.4, 0.5) is 5.95 Å². The predicted molar refractivity (Wildman–Crippen MR) is 62.9 cm³/mol. The van der Waals surface area contributed by atoms with Crippen LogP contribution in [0.25, 0.3) is 5.65 Å². The summed E-state index contributed by atoms with van der Waals surface area (Å²) in [6, 6.07) is 3.84. The lowest BCUT2D eigenvalue weighted by Crippen LogP contribution is -2.23. The Morgan fingerprint density at radius 2 is 2.06 bits per heavy atom. The van der Waals surface area contributed by atoms with Crippen molar-refractivity contribution in [3.05, 3.63) is 33.9 Å². The molecule has 0 fully saturated rings. The van der Waals surface area contributed by atoms with Gasteiger partial charge in [0.05, 0.1) is 0 Å². The highest BCUT2D eigenvalue weighted by Crippen LogP contribution is 2.09. The monoisotopic (exact) mass is 218 g/mol. The van der Waals surface area contributed by atoms with Gasteiger partial charge in [-0.15, -0.1) is 0 Å². The number of nitrogens with zero attached hydrogens (tertiary/aromatic N) is 3. The molecule has 0 radical (unpaired) electrons. The van der Waals surface area contributed by atoms with E-state index >= 15 is 0 Å². The van der Waals surface area contributed by atoms with Crippen LogP contribution in [0.15, 0.2) is 16.9 Å². The molecule has 2 rings (SSSR count). The summed E-state index contributed by atoms with van der Waals surface area (Å²) in [6.45, 7) is 6.43. The molecule has 0 saturated heterocycles. The summed E-state index contributed by atoms with van der Waals surface area (Å²) >= 11 is 0. The van der Waals surface area contributed by atoms with Crippen LogP contribution in [0, 0.1) is 13.8 Å². The highest BCUT2D eigenvalue weighted by atomic mass is 16.1. The smallest absolute Gasteiger partial charge is 0.354 e. The largest absolute Gasteiger partial charge is 0.356 e. The average Bonchev–Trinajstić information content (AvgIpc) is 2.23.